The van der Waals surface area contributed by atoms with Gasteiger partial charge >= 0.3 is 0 Å². The molecule has 0 bridgehead atoms. The Labute approximate surface area is 360 Å². The lowest BCUT2D eigenvalue weighted by Gasteiger charge is -2.16. The van der Waals surface area contributed by atoms with Crippen LogP contribution in [0.3, 0.4) is 0 Å². The number of benzene rings is 9. The molecule has 0 N–H and O–H groups in total. The van der Waals surface area contributed by atoms with E-state index in [2.05, 4.69) is 0 Å². The maximum absolute atomic E-state index is 10.2. The minimum atomic E-state index is -1.76. The molecule has 2 aromatic heterocycles. The van der Waals surface area contributed by atoms with Gasteiger partial charge in [-0.3, -0.25) is 0 Å². The van der Waals surface area contributed by atoms with Gasteiger partial charge in [-0.05, 0) is 92.9 Å². The van der Waals surface area contributed by atoms with Gasteiger partial charge in [0, 0.05) is 44.4 Å². The smallest absolute Gasteiger partial charge is 0.0648 e. The first-order valence-corrected chi connectivity index (χ1v) is 18.1. The van der Waals surface area contributed by atoms with Gasteiger partial charge in [-0.25, -0.2) is 0 Å². The van der Waals surface area contributed by atoms with Crippen molar-refractivity contribution in [2.45, 2.75) is 5.92 Å². The van der Waals surface area contributed by atoms with Crippen LogP contribution in [0.5, 0.6) is 0 Å². The van der Waals surface area contributed by atoms with Gasteiger partial charge < -0.3 is 9.13 Å². The fourth-order valence-electron chi connectivity index (χ4n) is 8.07. The third-order valence-electron chi connectivity index (χ3n) is 10.6. The molecule has 11 aromatic rings. The van der Waals surface area contributed by atoms with Crippen molar-refractivity contribution in [2.75, 3.05) is 0 Å². The first-order valence-electron chi connectivity index (χ1n) is 28.6. The van der Waals surface area contributed by atoms with E-state index in [0.717, 1.165) is 11.1 Å². The Bertz CT molecular complexity index is 4550. The summed E-state index contributed by atoms with van der Waals surface area (Å²) in [6, 6.07) is 10.3. The topological polar surface area (TPSA) is 9.86 Å². The molecule has 0 saturated heterocycles. The van der Waals surface area contributed by atoms with E-state index in [0.29, 0.717) is 5.69 Å². The third kappa shape index (κ3) is 4.84. The van der Waals surface area contributed by atoms with Crippen LogP contribution in [0.2, 0.25) is 0 Å². The summed E-state index contributed by atoms with van der Waals surface area (Å²) in [5.74, 6) is -1.76. The summed E-state index contributed by atoms with van der Waals surface area (Å²) in [6.45, 7) is 0. The maximum atomic E-state index is 10.2. The van der Waals surface area contributed by atoms with Crippen molar-refractivity contribution in [3.05, 3.63) is 229 Å². The van der Waals surface area contributed by atoms with Gasteiger partial charge in [-0.2, -0.15) is 0 Å². The molecular weight excluding hydrogens is 689 g/mol. The standard InChI is InChI=1S/C55H36N2/c1-3-14-36(15-4-1)37-26-30-41(31-27-37)57-52-25-12-10-20-45(52)49-23-13-22-42(55(49)57)38-28-33-48-50(34-38)43-18-7-8-21-47(43)54(48)39-29-32-46-44-19-9-11-24-51(44)56(53(46)35-39)40-16-5-2-6-17-40/h1-35,54H/i7D,8D,9D,10D,11D,12D,13D,18D,19D,20D,21D,22D,23D,24D,25D,28D,29D,32D,33D,34D,35D. The summed E-state index contributed by atoms with van der Waals surface area (Å²) in [5.41, 5.74) is -1.30. The van der Waals surface area contributed by atoms with Crippen LogP contribution in [0.1, 0.15) is 51.4 Å². The molecule has 57 heavy (non-hydrogen) atoms. The lowest BCUT2D eigenvalue weighted by Crippen LogP contribution is -2.00. The van der Waals surface area contributed by atoms with Crippen molar-refractivity contribution in [3.63, 3.8) is 0 Å². The molecule has 2 nitrogen and oxygen atoms in total. The average Bonchev–Trinajstić information content (AvgIpc) is 3.86. The number of rotatable bonds is 5. The first-order chi connectivity index (χ1) is 37.1. The molecule has 1 atom stereocenters. The second-order valence-corrected chi connectivity index (χ2v) is 13.6. The SMILES string of the molecule is [2H]c1c([2H])c([2H])c2c(c1[2H])-c1c([2H])c(-c3c([2H])c([2H])c([2H])c4c5c([2H])c([2H])c([2H])c([2H])c5n(-c5ccc(-c6ccccc6)cc5)c34)c([2H])c([2H])c1C2c1c([2H])c([2H])c2c3c([2H])c([2H])c([2H])c([2H])c3n(-c3ccccc3)c2c1[2H]. The van der Waals surface area contributed by atoms with Gasteiger partial charge in [0.2, 0.25) is 0 Å². The van der Waals surface area contributed by atoms with Crippen molar-refractivity contribution in [1.29, 1.82) is 0 Å². The van der Waals surface area contributed by atoms with Crippen LogP contribution in [0, 0.1) is 0 Å². The van der Waals surface area contributed by atoms with E-state index in [1.165, 1.54) is 9.13 Å². The highest BCUT2D eigenvalue weighted by Gasteiger charge is 2.31. The average molecular weight is 746 g/mol. The highest BCUT2D eigenvalue weighted by molar-refractivity contribution is 6.14. The Morgan fingerprint density at radius 1 is 0.368 bits per heavy atom. The molecule has 0 saturated carbocycles. The molecule has 0 spiro atoms. The number of nitrogens with zero attached hydrogens (tertiary/aromatic N) is 2. The molecule has 0 aliphatic heterocycles. The first kappa shape index (κ1) is 17.6. The van der Waals surface area contributed by atoms with Gasteiger partial charge in [-0.15, -0.1) is 0 Å². The van der Waals surface area contributed by atoms with E-state index in [1.807, 2.05) is 30.3 Å². The van der Waals surface area contributed by atoms with Gasteiger partial charge in [0.1, 0.15) is 0 Å². The summed E-state index contributed by atoms with van der Waals surface area (Å²) in [6.07, 6.45) is 0. The molecule has 2 heteroatoms. The monoisotopic (exact) mass is 745 g/mol. The van der Waals surface area contributed by atoms with E-state index >= 15 is 0 Å². The summed E-state index contributed by atoms with van der Waals surface area (Å²) in [7, 11) is 0. The molecular formula is C55H36N2. The maximum Gasteiger partial charge on any atom is 0.0648 e. The molecule has 266 valence electrons. The van der Waals surface area contributed by atoms with Gasteiger partial charge in [0.25, 0.3) is 0 Å². The third-order valence-corrected chi connectivity index (χ3v) is 10.6. The summed E-state index contributed by atoms with van der Waals surface area (Å²) >= 11 is 0. The number of aromatic nitrogens is 2. The molecule has 0 fully saturated rings. The van der Waals surface area contributed by atoms with Crippen LogP contribution in [-0.2, 0) is 0 Å². The van der Waals surface area contributed by atoms with Crippen molar-refractivity contribution in [2.24, 2.45) is 0 Å². The molecule has 0 radical (unpaired) electrons. The van der Waals surface area contributed by atoms with E-state index < -0.39 is 149 Å². The molecule has 1 aliphatic carbocycles. The summed E-state index contributed by atoms with van der Waals surface area (Å²) in [5, 5.41) is -0.806. The second-order valence-electron chi connectivity index (χ2n) is 13.6. The summed E-state index contributed by atoms with van der Waals surface area (Å²) in [4.78, 5) is 0. The fourth-order valence-corrected chi connectivity index (χ4v) is 8.07. The molecule has 9 aromatic carbocycles. The lowest BCUT2D eigenvalue weighted by molar-refractivity contribution is 1.02. The highest BCUT2D eigenvalue weighted by atomic mass is 15.0. The fraction of sp³-hybridized carbons (Fsp3) is 0.0182. The van der Waals surface area contributed by atoms with Crippen molar-refractivity contribution < 1.29 is 28.8 Å². The van der Waals surface area contributed by atoms with Crippen LogP contribution in [0.4, 0.5) is 0 Å². The predicted octanol–water partition coefficient (Wildman–Crippen LogP) is 14.4. The normalized spacial score (nSPS) is 18.6. The van der Waals surface area contributed by atoms with E-state index in [1.54, 1.807) is 54.6 Å². The Morgan fingerprint density at radius 2 is 0.965 bits per heavy atom. The molecule has 2 heterocycles. The van der Waals surface area contributed by atoms with Crippen LogP contribution in [0.15, 0.2) is 212 Å². The number of hydrogen-bond acceptors (Lipinski definition) is 0. The van der Waals surface area contributed by atoms with Gasteiger partial charge in [-0.1, -0.05) is 163 Å². The molecule has 1 aliphatic rings. The molecule has 0 amide bonds. The predicted molar refractivity (Wildman–Crippen MR) is 239 cm³/mol. The minimum absolute atomic E-state index is 0.120. The largest absolute Gasteiger partial charge is 0.309 e. The number of para-hydroxylation sites is 4. The minimum Gasteiger partial charge on any atom is -0.309 e. The zero-order chi connectivity index (χ0) is 55.7. The van der Waals surface area contributed by atoms with E-state index in [-0.39, 0.29) is 71.6 Å². The molecule has 1 unspecified atom stereocenters. The van der Waals surface area contributed by atoms with Crippen molar-refractivity contribution in [1.82, 2.24) is 9.13 Å². The van der Waals surface area contributed by atoms with Gasteiger partial charge in [0.05, 0.1) is 50.9 Å². The Kier molecular flexibility index (Phi) is 3.87. The number of hydrogen-bond donors (Lipinski definition) is 0. The zero-order valence-electron chi connectivity index (χ0n) is 50.6. The Morgan fingerprint density at radius 3 is 1.77 bits per heavy atom. The van der Waals surface area contributed by atoms with E-state index in [9.17, 15) is 17.8 Å². The van der Waals surface area contributed by atoms with Crippen LogP contribution in [0.25, 0.3) is 88.4 Å². The van der Waals surface area contributed by atoms with Crippen molar-refractivity contribution in [3.8, 4) is 44.8 Å². The van der Waals surface area contributed by atoms with E-state index in [4.69, 9.17) is 11.0 Å². The highest BCUT2D eigenvalue weighted by Crippen LogP contribution is 2.50. The quantitative estimate of drug-likeness (QED) is 0.166. The zero-order valence-corrected chi connectivity index (χ0v) is 29.6. The van der Waals surface area contributed by atoms with Crippen LogP contribution >= 0.6 is 0 Å². The van der Waals surface area contributed by atoms with Crippen molar-refractivity contribution >= 4 is 43.6 Å². The Hall–Kier alpha value is -7.42. The Balaban J connectivity index is 1.24. The second kappa shape index (κ2) is 12.6. The number of fused-ring (bicyclic) bond motifs is 9. The van der Waals surface area contributed by atoms with Gasteiger partial charge in [0.15, 0.2) is 0 Å². The molecule has 12 rings (SSSR count). The van der Waals surface area contributed by atoms with Crippen LogP contribution < -0.4 is 0 Å². The summed E-state index contributed by atoms with van der Waals surface area (Å²) < 4.78 is 199. The lowest BCUT2D eigenvalue weighted by atomic mass is 9.88. The van der Waals surface area contributed by atoms with Crippen LogP contribution in [-0.4, -0.2) is 9.13 Å².